The molecule has 0 spiro atoms. The summed E-state index contributed by atoms with van der Waals surface area (Å²) in [7, 11) is 0.401. The van der Waals surface area contributed by atoms with Gasteiger partial charge in [-0.2, -0.15) is 4.31 Å². The zero-order valence-corrected chi connectivity index (χ0v) is 13.9. The lowest BCUT2D eigenvalue weighted by molar-refractivity contribution is 0.196. The molecule has 0 bridgehead atoms. The average molecular weight is 365 g/mol. The third-order valence-corrected chi connectivity index (χ3v) is 6.22. The van der Waals surface area contributed by atoms with Gasteiger partial charge in [0.2, 0.25) is 10.0 Å². The normalized spacial score (nSPS) is 18.6. The number of sulfonamides is 1. The second-order valence-electron chi connectivity index (χ2n) is 5.17. The third-order valence-electron chi connectivity index (χ3n) is 3.68. The van der Waals surface area contributed by atoms with Gasteiger partial charge in [0.05, 0.1) is 9.37 Å². The van der Waals surface area contributed by atoms with Gasteiger partial charge < -0.3 is 4.90 Å². The molecule has 0 aliphatic carbocycles. The van der Waals surface area contributed by atoms with E-state index in [1.165, 1.54) is 16.4 Å². The Labute approximate surface area is 127 Å². The van der Waals surface area contributed by atoms with Gasteiger partial charge in [-0.05, 0) is 61.1 Å². The van der Waals surface area contributed by atoms with Crippen LogP contribution in [0.5, 0.6) is 0 Å². The SMILES string of the molecule is CN(C)C1CCN(S(=O)(=O)c2ccc(Br)c(F)c2)CC1. The van der Waals surface area contributed by atoms with Crippen LogP contribution < -0.4 is 0 Å². The van der Waals surface area contributed by atoms with Gasteiger partial charge in [-0.25, -0.2) is 12.8 Å². The van der Waals surface area contributed by atoms with Crippen LogP contribution in [0.25, 0.3) is 0 Å². The van der Waals surface area contributed by atoms with Crippen LogP contribution >= 0.6 is 15.9 Å². The molecular formula is C13H18BrFN2O2S. The van der Waals surface area contributed by atoms with Crippen LogP contribution in [0.3, 0.4) is 0 Å². The fraction of sp³-hybridized carbons (Fsp3) is 0.538. The molecule has 0 aromatic heterocycles. The molecule has 112 valence electrons. The van der Waals surface area contributed by atoms with Crippen LogP contribution in [0.2, 0.25) is 0 Å². The molecule has 7 heteroatoms. The smallest absolute Gasteiger partial charge is 0.243 e. The van der Waals surface area contributed by atoms with Crippen LogP contribution in [0, 0.1) is 5.82 Å². The van der Waals surface area contributed by atoms with E-state index in [-0.39, 0.29) is 9.37 Å². The summed E-state index contributed by atoms with van der Waals surface area (Å²) in [6.45, 7) is 0.950. The molecule has 4 nitrogen and oxygen atoms in total. The first-order valence-corrected chi connectivity index (χ1v) is 8.67. The van der Waals surface area contributed by atoms with Crippen LogP contribution in [0.4, 0.5) is 4.39 Å². The van der Waals surface area contributed by atoms with Crippen molar-refractivity contribution in [3.05, 3.63) is 28.5 Å². The van der Waals surface area contributed by atoms with Gasteiger partial charge in [0, 0.05) is 19.1 Å². The summed E-state index contributed by atoms with van der Waals surface area (Å²) in [6, 6.07) is 4.33. The highest BCUT2D eigenvalue weighted by molar-refractivity contribution is 9.10. The molecule has 1 aromatic carbocycles. The number of benzene rings is 1. The van der Waals surface area contributed by atoms with E-state index < -0.39 is 15.8 Å². The molecule has 0 radical (unpaired) electrons. The lowest BCUT2D eigenvalue weighted by atomic mass is 10.1. The number of piperidine rings is 1. The van der Waals surface area contributed by atoms with Gasteiger partial charge >= 0.3 is 0 Å². The second-order valence-corrected chi connectivity index (χ2v) is 7.97. The zero-order valence-electron chi connectivity index (χ0n) is 11.5. The average Bonchev–Trinajstić information content (AvgIpc) is 2.41. The Morgan fingerprint density at radius 2 is 1.90 bits per heavy atom. The van der Waals surface area contributed by atoms with Crippen LogP contribution in [0.1, 0.15) is 12.8 Å². The highest BCUT2D eigenvalue weighted by Crippen LogP contribution is 2.25. The number of hydrogen-bond donors (Lipinski definition) is 0. The summed E-state index contributed by atoms with van der Waals surface area (Å²) in [6.07, 6.45) is 1.59. The van der Waals surface area contributed by atoms with Crippen molar-refractivity contribution in [3.63, 3.8) is 0 Å². The minimum atomic E-state index is -3.60. The minimum absolute atomic E-state index is 0.0153. The summed E-state index contributed by atoms with van der Waals surface area (Å²) in [5.41, 5.74) is 0. The van der Waals surface area contributed by atoms with Crippen molar-refractivity contribution in [2.75, 3.05) is 27.2 Å². The maximum Gasteiger partial charge on any atom is 0.243 e. The predicted octanol–water partition coefficient (Wildman–Crippen LogP) is 2.30. The molecule has 0 N–H and O–H groups in total. The molecular weight excluding hydrogens is 347 g/mol. The predicted molar refractivity (Wildman–Crippen MR) is 79.6 cm³/mol. The van der Waals surface area contributed by atoms with Gasteiger partial charge in [0.15, 0.2) is 0 Å². The van der Waals surface area contributed by atoms with Crippen molar-refractivity contribution in [1.29, 1.82) is 0 Å². The summed E-state index contributed by atoms with van der Waals surface area (Å²) < 4.78 is 40.1. The van der Waals surface area contributed by atoms with Gasteiger partial charge in [0.1, 0.15) is 5.82 Å². The first kappa shape index (κ1) is 15.9. The molecule has 1 aliphatic heterocycles. The number of hydrogen-bond acceptors (Lipinski definition) is 3. The fourth-order valence-corrected chi connectivity index (χ4v) is 4.11. The first-order valence-electron chi connectivity index (χ1n) is 6.44. The zero-order chi connectivity index (χ0) is 14.9. The summed E-state index contributed by atoms with van der Waals surface area (Å²) >= 11 is 3.03. The fourth-order valence-electron chi connectivity index (χ4n) is 2.39. The summed E-state index contributed by atoms with van der Waals surface area (Å²) in [5.74, 6) is -0.561. The molecule has 1 aromatic rings. The van der Waals surface area contributed by atoms with E-state index in [1.807, 2.05) is 14.1 Å². The second kappa shape index (κ2) is 6.09. The van der Waals surface area contributed by atoms with Gasteiger partial charge in [-0.1, -0.05) is 0 Å². The molecule has 1 fully saturated rings. The first-order chi connectivity index (χ1) is 9.32. The van der Waals surface area contributed by atoms with Crippen molar-refractivity contribution >= 4 is 26.0 Å². The number of rotatable bonds is 3. The highest BCUT2D eigenvalue weighted by Gasteiger charge is 2.30. The van der Waals surface area contributed by atoms with Gasteiger partial charge in [-0.3, -0.25) is 0 Å². The van der Waals surface area contributed by atoms with E-state index >= 15 is 0 Å². The van der Waals surface area contributed by atoms with Crippen LogP contribution in [-0.2, 0) is 10.0 Å². The molecule has 1 aliphatic rings. The van der Waals surface area contributed by atoms with Crippen molar-refractivity contribution < 1.29 is 12.8 Å². The Balaban J connectivity index is 2.17. The van der Waals surface area contributed by atoms with E-state index in [1.54, 1.807) is 0 Å². The van der Waals surface area contributed by atoms with E-state index in [9.17, 15) is 12.8 Å². The summed E-state index contributed by atoms with van der Waals surface area (Å²) in [4.78, 5) is 2.13. The van der Waals surface area contributed by atoms with E-state index in [0.29, 0.717) is 19.1 Å². The molecule has 0 atom stereocenters. The Morgan fingerprint density at radius 3 is 2.40 bits per heavy atom. The lowest BCUT2D eigenvalue weighted by Gasteiger charge is -2.34. The van der Waals surface area contributed by atoms with Crippen molar-refractivity contribution in [2.24, 2.45) is 0 Å². The summed E-state index contributed by atoms with van der Waals surface area (Å²) in [5, 5.41) is 0. The third kappa shape index (κ3) is 3.21. The maximum absolute atomic E-state index is 13.5. The molecule has 1 heterocycles. The number of halogens is 2. The van der Waals surface area contributed by atoms with Crippen molar-refractivity contribution in [2.45, 2.75) is 23.8 Å². The standard InChI is InChI=1S/C13H18BrFN2O2S/c1-16(2)10-5-7-17(8-6-10)20(18,19)11-3-4-12(14)13(15)9-11/h3-4,9-10H,5-8H2,1-2H3. The van der Waals surface area contributed by atoms with Crippen molar-refractivity contribution in [3.8, 4) is 0 Å². The van der Waals surface area contributed by atoms with Gasteiger partial charge in [-0.15, -0.1) is 0 Å². The Bertz CT molecular complexity index is 584. The van der Waals surface area contributed by atoms with Crippen molar-refractivity contribution in [1.82, 2.24) is 9.21 Å². The Kier molecular flexibility index (Phi) is 4.84. The molecule has 0 unspecified atom stereocenters. The maximum atomic E-state index is 13.5. The van der Waals surface area contributed by atoms with Crippen LogP contribution in [0.15, 0.2) is 27.6 Å². The monoisotopic (exact) mass is 364 g/mol. The Hall–Kier alpha value is -0.500. The van der Waals surface area contributed by atoms with Gasteiger partial charge in [0.25, 0.3) is 0 Å². The Morgan fingerprint density at radius 1 is 1.30 bits per heavy atom. The molecule has 0 saturated carbocycles. The van der Waals surface area contributed by atoms with Crippen LogP contribution in [-0.4, -0.2) is 50.8 Å². The van der Waals surface area contributed by atoms with E-state index in [2.05, 4.69) is 20.8 Å². The molecule has 0 amide bonds. The quantitative estimate of drug-likeness (QED) is 0.826. The highest BCUT2D eigenvalue weighted by atomic mass is 79.9. The number of nitrogens with zero attached hydrogens (tertiary/aromatic N) is 2. The topological polar surface area (TPSA) is 40.6 Å². The lowest BCUT2D eigenvalue weighted by Crippen LogP contribution is -2.44. The molecule has 1 saturated heterocycles. The largest absolute Gasteiger partial charge is 0.306 e. The minimum Gasteiger partial charge on any atom is -0.306 e. The van der Waals surface area contributed by atoms with E-state index in [4.69, 9.17) is 0 Å². The van der Waals surface area contributed by atoms with E-state index in [0.717, 1.165) is 18.9 Å². The molecule has 2 rings (SSSR count). The molecule has 20 heavy (non-hydrogen) atoms.